The van der Waals surface area contributed by atoms with E-state index in [4.69, 9.17) is 21.1 Å². The summed E-state index contributed by atoms with van der Waals surface area (Å²) in [4.78, 5) is 12.6. The SMILES string of the molecule is COc1cc(NC(=O)CN(C)S(=O)(=O)c2ccc(C)c(C)c2)c(OC)cc1Cl. The Kier molecular flexibility index (Phi) is 6.92. The number of carbonyl (C=O) groups is 1. The molecule has 0 aliphatic rings. The number of halogens is 1. The van der Waals surface area contributed by atoms with Gasteiger partial charge in [-0.3, -0.25) is 4.79 Å². The maximum Gasteiger partial charge on any atom is 0.243 e. The van der Waals surface area contributed by atoms with Gasteiger partial charge in [-0.1, -0.05) is 17.7 Å². The van der Waals surface area contributed by atoms with E-state index in [9.17, 15) is 13.2 Å². The zero-order valence-electron chi connectivity index (χ0n) is 16.4. The Labute approximate surface area is 170 Å². The van der Waals surface area contributed by atoms with Gasteiger partial charge in [0.25, 0.3) is 0 Å². The van der Waals surface area contributed by atoms with Gasteiger partial charge in [0.05, 0.1) is 36.4 Å². The summed E-state index contributed by atoms with van der Waals surface area (Å²) < 4.78 is 36.8. The van der Waals surface area contributed by atoms with Crippen molar-refractivity contribution in [2.45, 2.75) is 18.7 Å². The predicted molar refractivity (Wildman–Crippen MR) is 109 cm³/mol. The average Bonchev–Trinajstić information content (AvgIpc) is 2.64. The molecule has 9 heteroatoms. The lowest BCUT2D eigenvalue weighted by Crippen LogP contribution is -2.35. The summed E-state index contributed by atoms with van der Waals surface area (Å²) >= 11 is 6.05. The van der Waals surface area contributed by atoms with Crippen LogP contribution in [0.25, 0.3) is 0 Å². The fourth-order valence-corrected chi connectivity index (χ4v) is 3.93. The number of hydrogen-bond donors (Lipinski definition) is 1. The van der Waals surface area contributed by atoms with Gasteiger partial charge in [0, 0.05) is 19.2 Å². The van der Waals surface area contributed by atoms with E-state index < -0.39 is 15.9 Å². The molecule has 0 heterocycles. The fourth-order valence-electron chi connectivity index (χ4n) is 2.49. The van der Waals surface area contributed by atoms with Crippen LogP contribution in [0.2, 0.25) is 5.02 Å². The van der Waals surface area contributed by atoms with E-state index >= 15 is 0 Å². The van der Waals surface area contributed by atoms with Crippen molar-refractivity contribution >= 4 is 33.2 Å². The summed E-state index contributed by atoms with van der Waals surface area (Å²) in [6, 6.07) is 7.87. The van der Waals surface area contributed by atoms with Crippen molar-refractivity contribution in [1.29, 1.82) is 0 Å². The molecule has 0 saturated carbocycles. The zero-order valence-corrected chi connectivity index (χ0v) is 17.9. The minimum atomic E-state index is -3.81. The minimum Gasteiger partial charge on any atom is -0.495 e. The molecule has 0 atom stereocenters. The van der Waals surface area contributed by atoms with E-state index in [2.05, 4.69) is 5.32 Å². The summed E-state index contributed by atoms with van der Waals surface area (Å²) in [7, 11) is 0.428. The highest BCUT2D eigenvalue weighted by molar-refractivity contribution is 7.89. The van der Waals surface area contributed by atoms with E-state index in [1.807, 2.05) is 13.8 Å². The van der Waals surface area contributed by atoms with E-state index in [0.717, 1.165) is 15.4 Å². The van der Waals surface area contributed by atoms with Gasteiger partial charge >= 0.3 is 0 Å². The monoisotopic (exact) mass is 426 g/mol. The summed E-state index contributed by atoms with van der Waals surface area (Å²) in [5, 5.41) is 2.96. The average molecular weight is 427 g/mol. The van der Waals surface area contributed by atoms with Crippen LogP contribution < -0.4 is 14.8 Å². The van der Waals surface area contributed by atoms with E-state index in [1.54, 1.807) is 12.1 Å². The Morgan fingerprint density at radius 2 is 1.71 bits per heavy atom. The molecular formula is C19H23ClN2O5S. The van der Waals surface area contributed by atoms with Crippen LogP contribution >= 0.6 is 11.6 Å². The lowest BCUT2D eigenvalue weighted by atomic mass is 10.1. The van der Waals surface area contributed by atoms with Gasteiger partial charge in [0.15, 0.2) is 0 Å². The number of carbonyl (C=O) groups excluding carboxylic acids is 1. The second-order valence-electron chi connectivity index (χ2n) is 6.24. The van der Waals surface area contributed by atoms with E-state index in [-0.39, 0.29) is 11.4 Å². The normalized spacial score (nSPS) is 11.4. The Morgan fingerprint density at radius 1 is 1.07 bits per heavy atom. The molecule has 2 aromatic carbocycles. The molecule has 7 nitrogen and oxygen atoms in total. The molecule has 0 saturated heterocycles. The molecule has 2 aromatic rings. The Hall–Kier alpha value is -2.29. The van der Waals surface area contributed by atoms with Gasteiger partial charge in [-0.15, -0.1) is 0 Å². The van der Waals surface area contributed by atoms with Gasteiger partial charge in [-0.2, -0.15) is 4.31 Å². The number of ether oxygens (including phenoxy) is 2. The summed E-state index contributed by atoms with van der Waals surface area (Å²) in [6.07, 6.45) is 0. The minimum absolute atomic E-state index is 0.136. The van der Waals surface area contributed by atoms with Crippen molar-refractivity contribution in [2.75, 3.05) is 33.1 Å². The summed E-state index contributed by atoms with van der Waals surface area (Å²) in [5.74, 6) is 0.158. The highest BCUT2D eigenvalue weighted by atomic mass is 35.5. The van der Waals surface area contributed by atoms with Gasteiger partial charge in [0.1, 0.15) is 11.5 Å². The molecule has 0 radical (unpaired) electrons. The second-order valence-corrected chi connectivity index (χ2v) is 8.69. The number of nitrogens with one attached hydrogen (secondary N) is 1. The topological polar surface area (TPSA) is 84.9 Å². The number of nitrogens with zero attached hydrogens (tertiary/aromatic N) is 1. The van der Waals surface area contributed by atoms with Crippen LogP contribution in [0.1, 0.15) is 11.1 Å². The van der Waals surface area contributed by atoms with Crippen molar-refractivity contribution in [3.8, 4) is 11.5 Å². The Bertz CT molecular complexity index is 992. The van der Waals surface area contributed by atoms with Crippen LogP contribution in [-0.4, -0.2) is 46.4 Å². The number of likely N-dealkylation sites (N-methyl/N-ethyl adjacent to an activating group) is 1. The van der Waals surface area contributed by atoms with Crippen LogP contribution in [0.3, 0.4) is 0 Å². The lowest BCUT2D eigenvalue weighted by Gasteiger charge is -2.18. The van der Waals surface area contributed by atoms with E-state index in [1.165, 1.54) is 39.5 Å². The first kappa shape index (κ1) is 22.0. The van der Waals surface area contributed by atoms with Crippen molar-refractivity contribution in [1.82, 2.24) is 4.31 Å². The molecular weight excluding hydrogens is 404 g/mol. The summed E-state index contributed by atoms with van der Waals surface area (Å²) in [6.45, 7) is 3.36. The summed E-state index contributed by atoms with van der Waals surface area (Å²) in [5.41, 5.74) is 2.17. The molecule has 2 rings (SSSR count). The standard InChI is InChI=1S/C19H23ClN2O5S/c1-12-6-7-14(8-13(12)2)28(24,25)22(3)11-19(23)21-16-10-17(26-4)15(20)9-18(16)27-5/h6-10H,11H2,1-5H3,(H,21,23). The zero-order chi connectivity index (χ0) is 21.1. The number of sulfonamides is 1. The molecule has 0 unspecified atom stereocenters. The van der Waals surface area contributed by atoms with Gasteiger partial charge in [-0.05, 0) is 37.1 Å². The van der Waals surface area contributed by atoms with Gasteiger partial charge in [-0.25, -0.2) is 8.42 Å². The first-order valence-electron chi connectivity index (χ1n) is 8.35. The number of anilines is 1. The second kappa shape index (κ2) is 8.81. The van der Waals surface area contributed by atoms with Crippen LogP contribution in [0.5, 0.6) is 11.5 Å². The van der Waals surface area contributed by atoms with Gasteiger partial charge in [0.2, 0.25) is 15.9 Å². The van der Waals surface area contributed by atoms with Crippen molar-refractivity contribution < 1.29 is 22.7 Å². The van der Waals surface area contributed by atoms with Crippen molar-refractivity contribution in [2.24, 2.45) is 0 Å². The number of benzene rings is 2. The van der Waals surface area contributed by atoms with Crippen LogP contribution in [0.4, 0.5) is 5.69 Å². The maximum atomic E-state index is 12.7. The third kappa shape index (κ3) is 4.76. The third-order valence-corrected chi connectivity index (χ3v) is 6.40. The molecule has 0 aliphatic carbocycles. The number of aryl methyl sites for hydroxylation is 2. The first-order chi connectivity index (χ1) is 13.1. The van der Waals surface area contributed by atoms with Gasteiger partial charge < -0.3 is 14.8 Å². The Balaban J connectivity index is 2.19. The number of methoxy groups -OCH3 is 2. The molecule has 0 aliphatic heterocycles. The maximum absolute atomic E-state index is 12.7. The smallest absolute Gasteiger partial charge is 0.243 e. The fraction of sp³-hybridized carbons (Fsp3) is 0.316. The lowest BCUT2D eigenvalue weighted by molar-refractivity contribution is -0.116. The van der Waals surface area contributed by atoms with Crippen LogP contribution in [0.15, 0.2) is 35.2 Å². The van der Waals surface area contributed by atoms with Crippen LogP contribution in [-0.2, 0) is 14.8 Å². The largest absolute Gasteiger partial charge is 0.495 e. The highest BCUT2D eigenvalue weighted by Gasteiger charge is 2.24. The van der Waals surface area contributed by atoms with Crippen molar-refractivity contribution in [3.05, 3.63) is 46.5 Å². The molecule has 1 amide bonds. The highest BCUT2D eigenvalue weighted by Crippen LogP contribution is 2.35. The predicted octanol–water partition coefficient (Wildman–Crippen LogP) is 3.23. The molecule has 0 bridgehead atoms. The molecule has 28 heavy (non-hydrogen) atoms. The molecule has 1 N–H and O–H groups in total. The Morgan fingerprint density at radius 3 is 2.29 bits per heavy atom. The first-order valence-corrected chi connectivity index (χ1v) is 10.2. The van der Waals surface area contributed by atoms with Crippen molar-refractivity contribution in [3.63, 3.8) is 0 Å². The third-order valence-electron chi connectivity index (χ3n) is 4.30. The number of rotatable bonds is 7. The number of hydrogen-bond acceptors (Lipinski definition) is 5. The quantitative estimate of drug-likeness (QED) is 0.734. The molecule has 0 aromatic heterocycles. The number of amides is 1. The molecule has 0 spiro atoms. The van der Waals surface area contributed by atoms with Crippen LogP contribution in [0, 0.1) is 13.8 Å². The molecule has 152 valence electrons. The van der Waals surface area contributed by atoms with E-state index in [0.29, 0.717) is 22.2 Å². The molecule has 0 fully saturated rings.